The second kappa shape index (κ2) is 7.66. The lowest BCUT2D eigenvalue weighted by atomic mass is 9.99. The quantitative estimate of drug-likeness (QED) is 0.406. The molecule has 1 fully saturated rings. The first kappa shape index (κ1) is 18.9. The predicted molar refractivity (Wildman–Crippen MR) is 79.0 cm³/mol. The molecule has 1 saturated heterocycles. The molecule has 1 aliphatic heterocycles. The van der Waals surface area contributed by atoms with E-state index in [2.05, 4.69) is 0 Å². The van der Waals surface area contributed by atoms with Gasteiger partial charge in [0.05, 0.1) is 12.2 Å². The van der Waals surface area contributed by atoms with Crippen molar-refractivity contribution in [2.24, 2.45) is 0 Å². The Morgan fingerprint density at radius 1 is 1.16 bits per heavy atom. The molecule has 1 aliphatic rings. The van der Waals surface area contributed by atoms with Crippen molar-refractivity contribution < 1.29 is 49.3 Å². The maximum Gasteiger partial charge on any atom is 0.338 e. The van der Waals surface area contributed by atoms with Crippen LogP contribution in [-0.2, 0) is 14.3 Å². The summed E-state index contributed by atoms with van der Waals surface area (Å²) in [4.78, 5) is 22.8. The average Bonchev–Trinajstić information content (AvgIpc) is 2.56. The number of rotatable bonds is 5. The first-order chi connectivity index (χ1) is 11.8. The van der Waals surface area contributed by atoms with Crippen molar-refractivity contribution >= 4 is 11.9 Å². The minimum absolute atomic E-state index is 0.0373. The van der Waals surface area contributed by atoms with Crippen LogP contribution in [0.5, 0.6) is 11.5 Å². The van der Waals surface area contributed by atoms with Crippen molar-refractivity contribution in [3.05, 3.63) is 23.8 Å². The molecule has 1 aromatic carbocycles. The number of hydrogen-bond acceptors (Lipinski definition) is 9. The fraction of sp³-hybridized carbons (Fsp3) is 0.467. The molecular formula is C15H18O10. The molecule has 0 aromatic heterocycles. The molecule has 1 heterocycles. The number of phenolic OH excluding ortho intramolecular Hbond substituents is 1. The van der Waals surface area contributed by atoms with E-state index in [0.29, 0.717) is 0 Å². The molecule has 0 spiro atoms. The molecule has 10 heteroatoms. The monoisotopic (exact) mass is 358 g/mol. The molecule has 2 rings (SSSR count). The van der Waals surface area contributed by atoms with E-state index in [4.69, 9.17) is 19.3 Å². The summed E-state index contributed by atoms with van der Waals surface area (Å²) >= 11 is 0. The molecule has 0 saturated carbocycles. The van der Waals surface area contributed by atoms with E-state index >= 15 is 0 Å². The smallest absolute Gasteiger partial charge is 0.338 e. The summed E-state index contributed by atoms with van der Waals surface area (Å²) in [6.07, 6.45) is -9.07. The van der Waals surface area contributed by atoms with Crippen LogP contribution in [0.3, 0.4) is 0 Å². The molecule has 5 atom stereocenters. The molecule has 0 aliphatic carbocycles. The molecule has 0 radical (unpaired) electrons. The summed E-state index contributed by atoms with van der Waals surface area (Å²) in [5, 5.41) is 48.0. The summed E-state index contributed by atoms with van der Waals surface area (Å²) in [6.45, 7) is 1.74. The number of hydrogen-bond donors (Lipinski definition) is 5. The third kappa shape index (κ3) is 3.99. The van der Waals surface area contributed by atoms with Crippen LogP contribution < -0.4 is 4.74 Å². The Kier molecular flexibility index (Phi) is 5.80. The highest BCUT2D eigenvalue weighted by Crippen LogP contribution is 2.31. The van der Waals surface area contributed by atoms with E-state index < -0.39 is 48.4 Å². The summed E-state index contributed by atoms with van der Waals surface area (Å²) in [5.41, 5.74) is 0.0373. The van der Waals surface area contributed by atoms with Gasteiger partial charge in [-0.1, -0.05) is 0 Å². The second-order valence-corrected chi connectivity index (χ2v) is 5.26. The molecule has 138 valence electrons. The van der Waals surface area contributed by atoms with Crippen LogP contribution >= 0.6 is 0 Å². The second-order valence-electron chi connectivity index (χ2n) is 5.26. The Bertz CT molecular complexity index is 645. The van der Waals surface area contributed by atoms with Gasteiger partial charge < -0.3 is 39.7 Å². The van der Waals surface area contributed by atoms with Crippen molar-refractivity contribution in [2.45, 2.75) is 37.6 Å². The van der Waals surface area contributed by atoms with Crippen LogP contribution in [-0.4, -0.2) is 74.8 Å². The number of aromatic hydroxyl groups is 1. The van der Waals surface area contributed by atoms with E-state index in [0.717, 1.165) is 12.1 Å². The number of ether oxygens (including phenoxy) is 3. The van der Waals surface area contributed by atoms with Crippen LogP contribution in [0.1, 0.15) is 17.3 Å². The normalized spacial score (nSPS) is 29.0. The van der Waals surface area contributed by atoms with Crippen molar-refractivity contribution in [2.75, 3.05) is 6.61 Å². The van der Waals surface area contributed by atoms with Gasteiger partial charge in [0.2, 0.25) is 6.29 Å². The highest BCUT2D eigenvalue weighted by Gasteiger charge is 2.48. The highest BCUT2D eigenvalue weighted by atomic mass is 16.7. The molecule has 0 bridgehead atoms. The molecule has 1 aromatic rings. The Hall–Kier alpha value is -2.40. The van der Waals surface area contributed by atoms with Crippen LogP contribution in [0.4, 0.5) is 0 Å². The van der Waals surface area contributed by atoms with Crippen molar-refractivity contribution in [3.63, 3.8) is 0 Å². The van der Waals surface area contributed by atoms with Crippen LogP contribution in [0.15, 0.2) is 18.2 Å². The van der Waals surface area contributed by atoms with E-state index in [1.54, 1.807) is 6.92 Å². The Balaban J connectivity index is 2.24. The van der Waals surface area contributed by atoms with Crippen LogP contribution in [0, 0.1) is 0 Å². The number of aliphatic hydroxyl groups excluding tert-OH is 3. The number of benzene rings is 1. The third-order valence-electron chi connectivity index (χ3n) is 3.53. The van der Waals surface area contributed by atoms with Gasteiger partial charge in [-0.3, -0.25) is 0 Å². The number of esters is 1. The Morgan fingerprint density at radius 2 is 1.84 bits per heavy atom. The van der Waals surface area contributed by atoms with Crippen molar-refractivity contribution in [1.29, 1.82) is 0 Å². The van der Waals surface area contributed by atoms with Gasteiger partial charge in [-0.15, -0.1) is 0 Å². The van der Waals surface area contributed by atoms with Gasteiger partial charge in [-0.25, -0.2) is 9.59 Å². The number of carbonyl (C=O) groups is 2. The topological polar surface area (TPSA) is 163 Å². The maximum absolute atomic E-state index is 11.7. The third-order valence-corrected chi connectivity index (χ3v) is 3.53. The lowest BCUT2D eigenvalue weighted by molar-refractivity contribution is -0.271. The SMILES string of the molecule is CCOC(=O)c1ccc(O)c(O[C@@H]2O[C@H](C(=O)O)[C@@H](O)[C@H](O)[C@H]2O)c1. The fourth-order valence-electron chi connectivity index (χ4n) is 2.22. The number of aliphatic carboxylic acids is 1. The van der Waals surface area contributed by atoms with Crippen molar-refractivity contribution in [3.8, 4) is 11.5 Å². The summed E-state index contributed by atoms with van der Waals surface area (Å²) in [6, 6.07) is 3.52. The largest absolute Gasteiger partial charge is 0.504 e. The van der Waals surface area contributed by atoms with Gasteiger partial charge in [0.15, 0.2) is 17.6 Å². The molecule has 5 N–H and O–H groups in total. The number of phenols is 1. The molecular weight excluding hydrogens is 340 g/mol. The number of aliphatic hydroxyl groups is 3. The minimum atomic E-state index is -1.87. The van der Waals surface area contributed by atoms with Crippen molar-refractivity contribution in [1.82, 2.24) is 0 Å². The standard InChI is InChI=1S/C15H18O10/c1-2-23-14(22)6-3-4-7(16)8(5-6)24-15-11(19)9(17)10(18)12(25-15)13(20)21/h3-5,9-12,15-19H,2H2,1H3,(H,20,21)/t9-,10-,11+,12-,15+/m0/s1. The first-order valence-electron chi connectivity index (χ1n) is 7.35. The highest BCUT2D eigenvalue weighted by molar-refractivity contribution is 5.90. The van der Waals surface area contributed by atoms with Crippen LogP contribution in [0.2, 0.25) is 0 Å². The number of carbonyl (C=O) groups excluding carboxylic acids is 1. The van der Waals surface area contributed by atoms with Gasteiger partial charge in [0, 0.05) is 0 Å². The molecule has 0 amide bonds. The van der Waals surface area contributed by atoms with Crippen LogP contribution in [0.25, 0.3) is 0 Å². The van der Waals surface area contributed by atoms with Gasteiger partial charge in [-0.2, -0.15) is 0 Å². The summed E-state index contributed by atoms with van der Waals surface area (Å²) in [5.74, 6) is -2.98. The van der Waals surface area contributed by atoms with E-state index in [1.165, 1.54) is 6.07 Å². The zero-order chi connectivity index (χ0) is 18.7. The Morgan fingerprint density at radius 3 is 2.44 bits per heavy atom. The van der Waals surface area contributed by atoms with Gasteiger partial charge in [-0.05, 0) is 25.1 Å². The molecule has 0 unspecified atom stereocenters. The van der Waals surface area contributed by atoms with Gasteiger partial charge >= 0.3 is 11.9 Å². The number of carboxylic acid groups (broad SMARTS) is 1. The Labute approximate surface area is 141 Å². The number of carboxylic acids is 1. The zero-order valence-corrected chi connectivity index (χ0v) is 13.1. The lowest BCUT2D eigenvalue weighted by Crippen LogP contribution is -2.61. The van der Waals surface area contributed by atoms with E-state index in [1.807, 2.05) is 0 Å². The lowest BCUT2D eigenvalue weighted by Gasteiger charge is -2.38. The zero-order valence-electron chi connectivity index (χ0n) is 13.1. The molecule has 10 nitrogen and oxygen atoms in total. The fourth-order valence-corrected chi connectivity index (χ4v) is 2.22. The average molecular weight is 358 g/mol. The summed E-state index contributed by atoms with van der Waals surface area (Å²) < 4.78 is 14.9. The van der Waals surface area contributed by atoms with E-state index in [9.17, 15) is 30.0 Å². The van der Waals surface area contributed by atoms with Gasteiger partial charge in [0.1, 0.15) is 18.3 Å². The minimum Gasteiger partial charge on any atom is -0.504 e. The predicted octanol–water partition coefficient (Wildman–Crippen LogP) is -1.16. The maximum atomic E-state index is 11.7. The van der Waals surface area contributed by atoms with E-state index in [-0.39, 0.29) is 17.9 Å². The first-order valence-corrected chi connectivity index (χ1v) is 7.35. The molecule has 25 heavy (non-hydrogen) atoms. The summed E-state index contributed by atoms with van der Waals surface area (Å²) in [7, 11) is 0. The van der Waals surface area contributed by atoms with Gasteiger partial charge in [0.25, 0.3) is 0 Å².